The highest BCUT2D eigenvalue weighted by Crippen LogP contribution is 2.33. The molecule has 3 N–H and O–H groups in total. The van der Waals surface area contributed by atoms with E-state index in [9.17, 15) is 20.1 Å². The van der Waals surface area contributed by atoms with Crippen molar-refractivity contribution in [1.29, 1.82) is 0 Å². The number of carbonyl (C=O) groups is 1. The number of azide groups is 1. The Hall–Kier alpha value is -2.28. The normalized spacial score (nSPS) is 13.2. The van der Waals surface area contributed by atoms with Crippen LogP contribution in [0, 0.1) is 0 Å². The van der Waals surface area contributed by atoms with Crippen LogP contribution in [0.15, 0.2) is 17.2 Å². The Morgan fingerprint density at radius 1 is 1.53 bits per heavy atom. The van der Waals surface area contributed by atoms with Gasteiger partial charge < -0.3 is 20.1 Å². The van der Waals surface area contributed by atoms with Gasteiger partial charge in [0.2, 0.25) is 0 Å². The van der Waals surface area contributed by atoms with Gasteiger partial charge in [-0.25, -0.2) is 0 Å². The molecule has 0 amide bonds. The number of hydrogen-bond donors (Lipinski definition) is 3. The van der Waals surface area contributed by atoms with Gasteiger partial charge in [0.25, 0.3) is 0 Å². The number of nitrogens with zero attached hydrogens (tertiary/aromatic N) is 3. The first-order valence-corrected chi connectivity index (χ1v) is 5.28. The minimum absolute atomic E-state index is 0.00497. The highest BCUT2D eigenvalue weighted by molar-refractivity contribution is 5.81. The molecular weight excluding hydrogens is 254 g/mol. The lowest BCUT2D eigenvalue weighted by Gasteiger charge is -2.18. The number of aliphatic hydroxyl groups is 2. The molecule has 1 aromatic carbocycles. The molecule has 8 heteroatoms. The van der Waals surface area contributed by atoms with E-state index in [-0.39, 0.29) is 29.2 Å². The summed E-state index contributed by atoms with van der Waals surface area (Å²) in [5.74, 6) is -0.354. The van der Waals surface area contributed by atoms with Crippen LogP contribution in [0.25, 0.3) is 10.4 Å². The van der Waals surface area contributed by atoms with Crippen LogP contribution in [-0.2, 0) is 0 Å². The van der Waals surface area contributed by atoms with Gasteiger partial charge in [0.1, 0.15) is 6.10 Å². The van der Waals surface area contributed by atoms with Crippen molar-refractivity contribution in [1.82, 2.24) is 0 Å². The van der Waals surface area contributed by atoms with E-state index in [4.69, 9.17) is 10.3 Å². The van der Waals surface area contributed by atoms with Crippen LogP contribution in [0.5, 0.6) is 11.5 Å². The van der Waals surface area contributed by atoms with Gasteiger partial charge >= 0.3 is 0 Å². The molecule has 0 aliphatic carbocycles. The van der Waals surface area contributed by atoms with Crippen molar-refractivity contribution in [2.24, 2.45) is 5.11 Å². The molecule has 2 unspecified atom stereocenters. The number of ether oxygens (including phenoxy) is 1. The van der Waals surface area contributed by atoms with E-state index in [2.05, 4.69) is 10.0 Å². The molecule has 8 nitrogen and oxygen atoms in total. The van der Waals surface area contributed by atoms with E-state index < -0.39 is 12.2 Å². The number of aldehydes is 1. The average Bonchev–Trinajstić information content (AvgIpc) is 2.44. The van der Waals surface area contributed by atoms with Crippen LogP contribution in [0.1, 0.15) is 22.0 Å². The van der Waals surface area contributed by atoms with Crippen LogP contribution in [-0.4, -0.2) is 41.4 Å². The summed E-state index contributed by atoms with van der Waals surface area (Å²) >= 11 is 0. The molecule has 0 aliphatic heterocycles. The molecule has 1 rings (SSSR count). The zero-order valence-electron chi connectivity index (χ0n) is 10.1. The maximum atomic E-state index is 10.8. The van der Waals surface area contributed by atoms with Gasteiger partial charge in [-0.2, -0.15) is 0 Å². The summed E-state index contributed by atoms with van der Waals surface area (Å²) in [4.78, 5) is 13.3. The molecule has 2 atom stereocenters. The number of methoxy groups -OCH3 is 1. The molecule has 0 saturated heterocycles. The predicted octanol–water partition coefficient (Wildman–Crippen LogP) is 0.918. The number of phenols is 1. The number of aliphatic hydroxyl groups excluding tert-OH is 2. The summed E-state index contributed by atoms with van der Waals surface area (Å²) in [5, 5.41) is 32.2. The molecule has 0 bridgehead atoms. The summed E-state index contributed by atoms with van der Waals surface area (Å²) in [6, 6.07) is 2.50. The molecule has 1 aromatic rings. The minimum atomic E-state index is -1.38. The average molecular weight is 267 g/mol. The third-order valence-electron chi connectivity index (χ3n) is 2.51. The largest absolute Gasteiger partial charge is 0.504 e. The lowest BCUT2D eigenvalue weighted by atomic mass is 10.0. The maximum Gasteiger partial charge on any atom is 0.168 e. The van der Waals surface area contributed by atoms with Crippen molar-refractivity contribution < 1.29 is 24.9 Å². The Balaban J connectivity index is 3.12. The second-order valence-electron chi connectivity index (χ2n) is 3.70. The Morgan fingerprint density at radius 3 is 2.74 bits per heavy atom. The standard InChI is InChI=1S/C11H13N3O5/c1-19-9-3-6(2-7(5-15)11(9)18)10(17)8(16)4-13-14-12/h2-3,5,8,10,16-18H,4H2,1H3. The zero-order valence-corrected chi connectivity index (χ0v) is 10.1. The van der Waals surface area contributed by atoms with E-state index in [0.717, 1.165) is 0 Å². The summed E-state index contributed by atoms with van der Waals surface area (Å²) in [6.45, 7) is -0.322. The number of aromatic hydroxyl groups is 1. The zero-order chi connectivity index (χ0) is 14.4. The smallest absolute Gasteiger partial charge is 0.168 e. The Labute approximate surface area is 108 Å². The highest BCUT2D eigenvalue weighted by Gasteiger charge is 2.21. The van der Waals surface area contributed by atoms with E-state index in [1.54, 1.807) is 0 Å². The van der Waals surface area contributed by atoms with Crippen LogP contribution < -0.4 is 4.74 Å². The molecule has 19 heavy (non-hydrogen) atoms. The number of carbonyl (C=O) groups excluding carboxylic acids is 1. The van der Waals surface area contributed by atoms with Gasteiger partial charge in [-0.15, -0.1) is 0 Å². The molecule has 0 aliphatic rings. The van der Waals surface area contributed by atoms with Crippen LogP contribution in [0.2, 0.25) is 0 Å². The lowest BCUT2D eigenvalue weighted by Crippen LogP contribution is -2.21. The van der Waals surface area contributed by atoms with Gasteiger partial charge in [0.15, 0.2) is 17.8 Å². The third-order valence-corrected chi connectivity index (χ3v) is 2.51. The fraction of sp³-hybridized carbons (Fsp3) is 0.364. The topological polar surface area (TPSA) is 136 Å². The molecular formula is C11H13N3O5. The van der Waals surface area contributed by atoms with Crippen LogP contribution in [0.4, 0.5) is 0 Å². The van der Waals surface area contributed by atoms with E-state index in [0.29, 0.717) is 6.29 Å². The monoisotopic (exact) mass is 267 g/mol. The molecule has 0 saturated carbocycles. The molecule has 0 fully saturated rings. The van der Waals surface area contributed by atoms with E-state index >= 15 is 0 Å². The van der Waals surface area contributed by atoms with Crippen molar-refractivity contribution in [3.8, 4) is 11.5 Å². The Bertz CT molecular complexity index is 513. The maximum absolute atomic E-state index is 10.8. The Morgan fingerprint density at radius 2 is 2.21 bits per heavy atom. The molecule has 102 valence electrons. The number of phenolic OH excluding ortho intramolecular Hbond substituents is 1. The SMILES string of the molecule is COc1cc(C(O)C(O)CN=[N+]=[N-])cc(C=O)c1O. The first kappa shape index (κ1) is 14.8. The van der Waals surface area contributed by atoms with Gasteiger partial charge in [-0.3, -0.25) is 4.79 Å². The first-order valence-electron chi connectivity index (χ1n) is 5.28. The number of benzene rings is 1. The van der Waals surface area contributed by atoms with Crippen molar-refractivity contribution in [3.63, 3.8) is 0 Å². The molecule has 0 radical (unpaired) electrons. The van der Waals surface area contributed by atoms with Crippen molar-refractivity contribution in [2.75, 3.05) is 13.7 Å². The van der Waals surface area contributed by atoms with Gasteiger partial charge in [-0.1, -0.05) is 5.11 Å². The second-order valence-corrected chi connectivity index (χ2v) is 3.70. The van der Waals surface area contributed by atoms with E-state index in [1.165, 1.54) is 19.2 Å². The third kappa shape index (κ3) is 3.35. The van der Waals surface area contributed by atoms with Crippen LogP contribution >= 0.6 is 0 Å². The quantitative estimate of drug-likeness (QED) is 0.304. The summed E-state index contributed by atoms with van der Waals surface area (Å²) < 4.78 is 4.86. The highest BCUT2D eigenvalue weighted by atomic mass is 16.5. The fourth-order valence-electron chi connectivity index (χ4n) is 1.51. The van der Waals surface area contributed by atoms with Gasteiger partial charge in [0.05, 0.1) is 25.3 Å². The first-order chi connectivity index (χ1) is 9.04. The summed E-state index contributed by atoms with van der Waals surface area (Å²) in [5.41, 5.74) is 8.22. The van der Waals surface area contributed by atoms with Crippen LogP contribution in [0.3, 0.4) is 0 Å². The van der Waals surface area contributed by atoms with Crippen molar-refractivity contribution in [2.45, 2.75) is 12.2 Å². The lowest BCUT2D eigenvalue weighted by molar-refractivity contribution is 0.0242. The molecule has 0 aromatic heterocycles. The minimum Gasteiger partial charge on any atom is -0.504 e. The Kier molecular flexibility index (Phi) is 5.13. The second kappa shape index (κ2) is 6.60. The van der Waals surface area contributed by atoms with Gasteiger partial charge in [-0.05, 0) is 23.2 Å². The predicted molar refractivity (Wildman–Crippen MR) is 65.0 cm³/mol. The van der Waals surface area contributed by atoms with Crippen molar-refractivity contribution in [3.05, 3.63) is 33.7 Å². The number of hydrogen-bond acceptors (Lipinski definition) is 6. The van der Waals surface area contributed by atoms with Crippen molar-refractivity contribution >= 4 is 6.29 Å². The number of rotatable bonds is 6. The molecule has 0 spiro atoms. The molecule has 0 heterocycles. The fourth-order valence-corrected chi connectivity index (χ4v) is 1.51. The van der Waals surface area contributed by atoms with Gasteiger partial charge in [0, 0.05) is 4.91 Å². The van der Waals surface area contributed by atoms with E-state index in [1.807, 2.05) is 0 Å². The summed E-state index contributed by atoms with van der Waals surface area (Å²) in [6.07, 6.45) is -2.31. The summed E-state index contributed by atoms with van der Waals surface area (Å²) in [7, 11) is 1.29.